The lowest BCUT2D eigenvalue weighted by Gasteiger charge is -2.31. The van der Waals surface area contributed by atoms with E-state index in [-0.39, 0.29) is 24.8 Å². The Morgan fingerprint density at radius 1 is 1.27 bits per heavy atom. The van der Waals surface area contributed by atoms with Crippen LogP contribution in [0.25, 0.3) is 0 Å². The first kappa shape index (κ1) is 19.3. The molecule has 2 N–H and O–H groups in total. The highest BCUT2D eigenvalue weighted by Crippen LogP contribution is 2.26. The van der Waals surface area contributed by atoms with Gasteiger partial charge in [0.2, 0.25) is 5.91 Å². The molecule has 22 heavy (non-hydrogen) atoms. The molecule has 1 unspecified atom stereocenters. The molecule has 3 heterocycles. The first-order chi connectivity index (χ1) is 9.83. The zero-order valence-electron chi connectivity index (χ0n) is 12.8. The number of aromatic amines is 1. The molecular weight excluding hydrogens is 323 g/mol. The Hall–Kier alpha value is -0.780. The number of likely N-dealkylation sites (tertiary alicyclic amines) is 1. The number of H-pyrrole nitrogens is 1. The Morgan fingerprint density at radius 2 is 2.05 bits per heavy atom. The van der Waals surface area contributed by atoms with Crippen molar-refractivity contribution in [2.75, 3.05) is 26.2 Å². The smallest absolute Gasteiger partial charge is 0.222 e. The summed E-state index contributed by atoms with van der Waals surface area (Å²) in [6, 6.07) is 0. The molecule has 0 bridgehead atoms. The lowest BCUT2D eigenvalue weighted by atomic mass is 9.95. The molecular formula is C15H26Cl2N4O. The highest BCUT2D eigenvalue weighted by molar-refractivity contribution is 5.85. The number of amides is 1. The average Bonchev–Trinajstić information content (AvgIpc) is 3.18. The lowest BCUT2D eigenvalue weighted by molar-refractivity contribution is -0.132. The van der Waals surface area contributed by atoms with Crippen LogP contribution in [0.4, 0.5) is 0 Å². The van der Waals surface area contributed by atoms with Crippen molar-refractivity contribution in [3.05, 3.63) is 18.2 Å². The summed E-state index contributed by atoms with van der Waals surface area (Å²) >= 11 is 0. The van der Waals surface area contributed by atoms with Crippen molar-refractivity contribution in [3.8, 4) is 0 Å². The number of piperidine rings is 1. The molecule has 2 aliphatic rings. The number of nitrogens with zero attached hydrogens (tertiary/aromatic N) is 2. The Balaban J connectivity index is 0.00000121. The van der Waals surface area contributed by atoms with Crippen LogP contribution in [0.3, 0.4) is 0 Å². The fourth-order valence-electron chi connectivity index (χ4n) is 3.35. The molecule has 2 fully saturated rings. The molecule has 3 rings (SSSR count). The van der Waals surface area contributed by atoms with E-state index in [1.807, 2.05) is 17.3 Å². The summed E-state index contributed by atoms with van der Waals surface area (Å²) in [6.07, 6.45) is 8.75. The monoisotopic (exact) mass is 348 g/mol. The van der Waals surface area contributed by atoms with Gasteiger partial charge in [0.1, 0.15) is 5.82 Å². The van der Waals surface area contributed by atoms with E-state index in [9.17, 15) is 4.79 Å². The van der Waals surface area contributed by atoms with Crippen LogP contribution in [0.2, 0.25) is 0 Å². The second kappa shape index (κ2) is 9.38. The maximum atomic E-state index is 12.2. The predicted molar refractivity (Wildman–Crippen MR) is 91.8 cm³/mol. The summed E-state index contributed by atoms with van der Waals surface area (Å²) in [7, 11) is 0. The molecule has 2 aliphatic heterocycles. The standard InChI is InChI=1S/C15H24N4O.2ClH/c20-14(2-1-12-3-6-16-11-12)19-9-4-13(5-10-19)15-17-7-8-18-15;;/h7-8,12-13,16H,1-6,9-11H2,(H,17,18);2*1H. The summed E-state index contributed by atoms with van der Waals surface area (Å²) in [6.45, 7) is 3.97. The van der Waals surface area contributed by atoms with Gasteiger partial charge in [-0.3, -0.25) is 4.79 Å². The number of hydrogen-bond donors (Lipinski definition) is 2. The van der Waals surface area contributed by atoms with Crippen molar-refractivity contribution in [2.45, 2.75) is 38.0 Å². The summed E-state index contributed by atoms with van der Waals surface area (Å²) in [4.78, 5) is 21.8. The van der Waals surface area contributed by atoms with Gasteiger partial charge < -0.3 is 15.2 Å². The molecule has 1 aromatic heterocycles. The normalized spacial score (nSPS) is 22.0. The van der Waals surface area contributed by atoms with E-state index < -0.39 is 0 Å². The first-order valence-electron chi connectivity index (χ1n) is 7.80. The van der Waals surface area contributed by atoms with E-state index in [0.29, 0.717) is 17.7 Å². The van der Waals surface area contributed by atoms with Gasteiger partial charge >= 0.3 is 0 Å². The molecule has 7 heteroatoms. The van der Waals surface area contributed by atoms with Crippen molar-refractivity contribution in [3.63, 3.8) is 0 Å². The molecule has 0 saturated carbocycles. The number of rotatable bonds is 4. The van der Waals surface area contributed by atoms with E-state index in [0.717, 1.165) is 57.7 Å². The van der Waals surface area contributed by atoms with Crippen LogP contribution in [0.1, 0.15) is 43.8 Å². The number of imidazole rings is 1. The zero-order valence-corrected chi connectivity index (χ0v) is 14.4. The third-order valence-corrected chi connectivity index (χ3v) is 4.68. The van der Waals surface area contributed by atoms with Gasteiger partial charge in [-0.05, 0) is 44.7 Å². The van der Waals surface area contributed by atoms with Crippen LogP contribution >= 0.6 is 24.8 Å². The molecule has 1 amide bonds. The number of carbonyl (C=O) groups is 1. The average molecular weight is 349 g/mol. The largest absolute Gasteiger partial charge is 0.348 e. The van der Waals surface area contributed by atoms with Gasteiger partial charge in [0.05, 0.1) is 0 Å². The van der Waals surface area contributed by atoms with Gasteiger partial charge in [-0.25, -0.2) is 4.98 Å². The number of nitrogens with one attached hydrogen (secondary N) is 2. The highest BCUT2D eigenvalue weighted by atomic mass is 35.5. The second-order valence-electron chi connectivity index (χ2n) is 6.03. The Bertz CT molecular complexity index is 427. The first-order valence-corrected chi connectivity index (χ1v) is 7.80. The minimum absolute atomic E-state index is 0. The van der Waals surface area contributed by atoms with Gasteiger partial charge in [0.15, 0.2) is 0 Å². The summed E-state index contributed by atoms with van der Waals surface area (Å²) in [5.74, 6) is 2.62. The van der Waals surface area contributed by atoms with Crippen LogP contribution in [0, 0.1) is 5.92 Å². The number of halogens is 2. The molecule has 5 nitrogen and oxygen atoms in total. The van der Waals surface area contributed by atoms with Gasteiger partial charge in [0.25, 0.3) is 0 Å². The fourth-order valence-corrected chi connectivity index (χ4v) is 3.35. The molecule has 0 spiro atoms. The van der Waals surface area contributed by atoms with Crippen LogP contribution in [0.15, 0.2) is 12.4 Å². The van der Waals surface area contributed by atoms with Crippen molar-refractivity contribution in [1.29, 1.82) is 0 Å². The van der Waals surface area contributed by atoms with Crippen LogP contribution in [-0.2, 0) is 4.79 Å². The third-order valence-electron chi connectivity index (χ3n) is 4.68. The Morgan fingerprint density at radius 3 is 2.64 bits per heavy atom. The Kier molecular flexibility index (Phi) is 8.21. The SMILES string of the molecule is Cl.Cl.O=C(CCC1CCNC1)N1CCC(c2ncc[nH]2)CC1. The van der Waals surface area contributed by atoms with Crippen molar-refractivity contribution < 1.29 is 4.79 Å². The van der Waals surface area contributed by atoms with E-state index >= 15 is 0 Å². The van der Waals surface area contributed by atoms with E-state index in [1.54, 1.807) is 0 Å². The van der Waals surface area contributed by atoms with E-state index in [2.05, 4.69) is 15.3 Å². The molecule has 1 aromatic rings. The zero-order chi connectivity index (χ0) is 13.8. The predicted octanol–water partition coefficient (Wildman–Crippen LogP) is 2.35. The molecule has 1 atom stereocenters. The van der Waals surface area contributed by atoms with Gasteiger partial charge in [0, 0.05) is 37.8 Å². The maximum Gasteiger partial charge on any atom is 0.222 e. The molecule has 0 aromatic carbocycles. The number of aromatic nitrogens is 2. The van der Waals surface area contributed by atoms with E-state index in [1.165, 1.54) is 6.42 Å². The summed E-state index contributed by atoms with van der Waals surface area (Å²) in [5.41, 5.74) is 0. The molecule has 0 radical (unpaired) electrons. The topological polar surface area (TPSA) is 61.0 Å². The Labute approximate surface area is 144 Å². The summed E-state index contributed by atoms with van der Waals surface area (Å²) in [5, 5.41) is 3.36. The molecule has 2 saturated heterocycles. The van der Waals surface area contributed by atoms with Crippen LogP contribution < -0.4 is 5.32 Å². The van der Waals surface area contributed by atoms with Crippen molar-refractivity contribution in [2.24, 2.45) is 5.92 Å². The van der Waals surface area contributed by atoms with Gasteiger partial charge in [-0.15, -0.1) is 24.8 Å². The lowest BCUT2D eigenvalue weighted by Crippen LogP contribution is -2.38. The quantitative estimate of drug-likeness (QED) is 0.877. The van der Waals surface area contributed by atoms with E-state index in [4.69, 9.17) is 0 Å². The minimum Gasteiger partial charge on any atom is -0.348 e. The molecule has 0 aliphatic carbocycles. The van der Waals surface area contributed by atoms with Crippen LogP contribution in [-0.4, -0.2) is 47.0 Å². The highest BCUT2D eigenvalue weighted by Gasteiger charge is 2.25. The molecule has 126 valence electrons. The summed E-state index contributed by atoms with van der Waals surface area (Å²) < 4.78 is 0. The third kappa shape index (κ3) is 4.86. The van der Waals surface area contributed by atoms with Gasteiger partial charge in [-0.2, -0.15) is 0 Å². The fraction of sp³-hybridized carbons (Fsp3) is 0.733. The van der Waals surface area contributed by atoms with Crippen molar-refractivity contribution >= 4 is 30.7 Å². The maximum absolute atomic E-state index is 12.2. The van der Waals surface area contributed by atoms with Crippen molar-refractivity contribution in [1.82, 2.24) is 20.2 Å². The number of carbonyl (C=O) groups excluding carboxylic acids is 1. The minimum atomic E-state index is 0. The van der Waals surface area contributed by atoms with Crippen LogP contribution in [0.5, 0.6) is 0 Å². The van der Waals surface area contributed by atoms with Gasteiger partial charge in [-0.1, -0.05) is 0 Å². The second-order valence-corrected chi connectivity index (χ2v) is 6.03. The number of hydrogen-bond acceptors (Lipinski definition) is 3.